The van der Waals surface area contributed by atoms with Gasteiger partial charge in [-0.2, -0.15) is 11.3 Å². The lowest BCUT2D eigenvalue weighted by molar-refractivity contribution is -0.148. The molecule has 0 aromatic carbocycles. The summed E-state index contributed by atoms with van der Waals surface area (Å²) in [5.74, 6) is -0.191. The first kappa shape index (κ1) is 15.0. The summed E-state index contributed by atoms with van der Waals surface area (Å²) in [5.41, 5.74) is 0.909. The van der Waals surface area contributed by atoms with Crippen LogP contribution in [0.25, 0.3) is 6.08 Å². The van der Waals surface area contributed by atoms with E-state index in [1.54, 1.807) is 19.1 Å². The van der Waals surface area contributed by atoms with Crippen LogP contribution in [0.4, 0.5) is 5.82 Å². The Bertz CT molecular complexity index is 646. The van der Waals surface area contributed by atoms with Crippen LogP contribution in [0.1, 0.15) is 18.2 Å². The number of carbonyl (C=O) groups is 2. The van der Waals surface area contributed by atoms with Crippen molar-refractivity contribution in [2.24, 2.45) is 0 Å². The highest BCUT2D eigenvalue weighted by atomic mass is 32.1. The maximum absolute atomic E-state index is 11.8. The Morgan fingerprint density at radius 2 is 2.33 bits per heavy atom. The van der Waals surface area contributed by atoms with E-state index in [9.17, 15) is 9.59 Å². The van der Waals surface area contributed by atoms with Gasteiger partial charge in [0.2, 0.25) is 0 Å². The zero-order valence-electron chi connectivity index (χ0n) is 11.5. The number of nitrogens with one attached hydrogen (secondary N) is 1. The van der Waals surface area contributed by atoms with Crippen LogP contribution in [0, 0.1) is 6.92 Å². The van der Waals surface area contributed by atoms with Crippen molar-refractivity contribution in [2.75, 3.05) is 5.32 Å². The Hall–Kier alpha value is -2.41. The number of aryl methyl sites for hydroxylation is 1. The number of nitrogens with zero attached hydrogens (tertiary/aromatic N) is 1. The normalized spacial score (nSPS) is 12.3. The van der Waals surface area contributed by atoms with Crippen molar-refractivity contribution >= 4 is 35.1 Å². The number of aromatic nitrogens is 1. The van der Waals surface area contributed by atoms with Crippen LogP contribution >= 0.6 is 11.3 Å². The molecule has 0 saturated carbocycles. The molecule has 0 aliphatic rings. The van der Waals surface area contributed by atoms with E-state index >= 15 is 0 Å². The molecule has 1 N–H and O–H groups in total. The second-order valence-corrected chi connectivity index (χ2v) is 5.06. The number of esters is 1. The quantitative estimate of drug-likeness (QED) is 0.678. The molecule has 2 rings (SSSR count). The summed E-state index contributed by atoms with van der Waals surface area (Å²) >= 11 is 1.53. The first-order valence-corrected chi connectivity index (χ1v) is 7.14. The molecule has 21 heavy (non-hydrogen) atoms. The van der Waals surface area contributed by atoms with Crippen molar-refractivity contribution < 1.29 is 18.8 Å². The fourth-order valence-corrected chi connectivity index (χ4v) is 2.08. The second kappa shape index (κ2) is 6.85. The molecular weight excluding hydrogens is 292 g/mol. The number of hydrogen-bond acceptors (Lipinski definition) is 6. The van der Waals surface area contributed by atoms with E-state index in [0.29, 0.717) is 5.76 Å². The van der Waals surface area contributed by atoms with Gasteiger partial charge in [-0.25, -0.2) is 4.79 Å². The largest absolute Gasteiger partial charge is 0.449 e. The molecule has 6 nitrogen and oxygen atoms in total. The second-order valence-electron chi connectivity index (χ2n) is 4.28. The van der Waals surface area contributed by atoms with Crippen LogP contribution in [0.2, 0.25) is 0 Å². The highest BCUT2D eigenvalue weighted by molar-refractivity contribution is 7.08. The van der Waals surface area contributed by atoms with Crippen molar-refractivity contribution in [3.8, 4) is 0 Å². The molecule has 0 fully saturated rings. The highest BCUT2D eigenvalue weighted by Crippen LogP contribution is 2.09. The Balaban J connectivity index is 1.84. The van der Waals surface area contributed by atoms with Gasteiger partial charge in [-0.3, -0.25) is 4.79 Å². The molecular formula is C14H14N2O4S. The van der Waals surface area contributed by atoms with Crippen LogP contribution in [0.3, 0.4) is 0 Å². The number of carbonyl (C=O) groups excluding carboxylic acids is 2. The lowest BCUT2D eigenvalue weighted by Crippen LogP contribution is -2.29. The monoisotopic (exact) mass is 306 g/mol. The molecule has 110 valence electrons. The number of thiophene rings is 1. The van der Waals surface area contributed by atoms with E-state index < -0.39 is 18.0 Å². The molecule has 0 bridgehead atoms. The molecule has 2 aromatic rings. The Morgan fingerprint density at radius 1 is 1.52 bits per heavy atom. The van der Waals surface area contributed by atoms with Gasteiger partial charge in [0.1, 0.15) is 5.76 Å². The van der Waals surface area contributed by atoms with E-state index in [-0.39, 0.29) is 5.82 Å². The molecule has 1 atom stereocenters. The van der Waals surface area contributed by atoms with Crippen LogP contribution in [0.5, 0.6) is 0 Å². The van der Waals surface area contributed by atoms with Gasteiger partial charge in [-0.15, -0.1) is 0 Å². The SMILES string of the molecule is Cc1cc(NC(=O)[C@@H](C)OC(=O)/C=C/c2ccsc2)no1. The van der Waals surface area contributed by atoms with Gasteiger partial charge in [0.15, 0.2) is 11.9 Å². The predicted molar refractivity (Wildman–Crippen MR) is 78.8 cm³/mol. The van der Waals surface area contributed by atoms with Gasteiger partial charge in [-0.05, 0) is 42.3 Å². The molecule has 0 saturated heterocycles. The average Bonchev–Trinajstić information content (AvgIpc) is 3.08. The van der Waals surface area contributed by atoms with E-state index in [4.69, 9.17) is 9.26 Å². The van der Waals surface area contributed by atoms with Crippen molar-refractivity contribution in [3.05, 3.63) is 40.3 Å². The zero-order valence-corrected chi connectivity index (χ0v) is 12.3. The first-order chi connectivity index (χ1) is 10.0. The predicted octanol–water partition coefficient (Wildman–Crippen LogP) is 2.63. The maximum atomic E-state index is 11.8. The van der Waals surface area contributed by atoms with Gasteiger partial charge in [0.05, 0.1) is 0 Å². The number of anilines is 1. The van der Waals surface area contributed by atoms with E-state index in [1.807, 2.05) is 16.8 Å². The summed E-state index contributed by atoms with van der Waals surface area (Å²) in [6, 6.07) is 3.44. The topological polar surface area (TPSA) is 81.4 Å². The van der Waals surface area contributed by atoms with Crippen molar-refractivity contribution in [1.82, 2.24) is 5.16 Å². The summed E-state index contributed by atoms with van der Waals surface area (Å²) < 4.78 is 9.82. The number of rotatable bonds is 5. The summed E-state index contributed by atoms with van der Waals surface area (Å²) in [4.78, 5) is 23.4. The molecule has 2 heterocycles. The average molecular weight is 306 g/mol. The summed E-state index contributed by atoms with van der Waals surface area (Å²) in [6.07, 6.45) is 1.98. The molecule has 0 spiro atoms. The maximum Gasteiger partial charge on any atom is 0.331 e. The first-order valence-electron chi connectivity index (χ1n) is 6.19. The van der Waals surface area contributed by atoms with E-state index in [2.05, 4.69) is 10.5 Å². The standard InChI is InChI=1S/C14H14N2O4S/c1-9-7-12(16-20-9)15-14(18)10(2)19-13(17)4-3-11-5-6-21-8-11/h3-8,10H,1-2H3,(H,15,16,18)/b4-3+/t10-/m1/s1. The van der Waals surface area contributed by atoms with Crippen LogP contribution in [-0.4, -0.2) is 23.1 Å². The van der Waals surface area contributed by atoms with E-state index in [0.717, 1.165) is 5.56 Å². The molecule has 1 amide bonds. The van der Waals surface area contributed by atoms with Crippen LogP contribution in [-0.2, 0) is 14.3 Å². The van der Waals surface area contributed by atoms with Crippen molar-refractivity contribution in [1.29, 1.82) is 0 Å². The lowest BCUT2D eigenvalue weighted by atomic mass is 10.3. The van der Waals surface area contributed by atoms with Gasteiger partial charge in [0.25, 0.3) is 5.91 Å². The molecule has 0 aliphatic carbocycles. The minimum absolute atomic E-state index is 0.286. The number of amides is 1. The molecule has 0 radical (unpaired) electrons. The van der Waals surface area contributed by atoms with Gasteiger partial charge in [-0.1, -0.05) is 5.16 Å². The van der Waals surface area contributed by atoms with Gasteiger partial charge >= 0.3 is 5.97 Å². The smallest absolute Gasteiger partial charge is 0.331 e. The highest BCUT2D eigenvalue weighted by Gasteiger charge is 2.17. The zero-order chi connectivity index (χ0) is 15.2. The van der Waals surface area contributed by atoms with Gasteiger partial charge in [0, 0.05) is 12.1 Å². The lowest BCUT2D eigenvalue weighted by Gasteiger charge is -2.10. The number of ether oxygens (including phenoxy) is 1. The minimum atomic E-state index is -0.929. The third kappa shape index (κ3) is 4.57. The molecule has 7 heteroatoms. The third-order valence-electron chi connectivity index (χ3n) is 2.50. The Morgan fingerprint density at radius 3 is 2.95 bits per heavy atom. The van der Waals surface area contributed by atoms with Gasteiger partial charge < -0.3 is 14.6 Å². The fourth-order valence-electron chi connectivity index (χ4n) is 1.45. The summed E-state index contributed by atoms with van der Waals surface area (Å²) in [7, 11) is 0. The summed E-state index contributed by atoms with van der Waals surface area (Å²) in [5, 5.41) is 9.92. The minimum Gasteiger partial charge on any atom is -0.449 e. The fraction of sp³-hybridized carbons (Fsp3) is 0.214. The van der Waals surface area contributed by atoms with Crippen molar-refractivity contribution in [2.45, 2.75) is 20.0 Å². The molecule has 2 aromatic heterocycles. The molecule has 0 unspecified atom stereocenters. The number of hydrogen-bond donors (Lipinski definition) is 1. The molecule has 0 aliphatic heterocycles. The van der Waals surface area contributed by atoms with E-state index in [1.165, 1.54) is 24.3 Å². The van der Waals surface area contributed by atoms with Crippen molar-refractivity contribution in [3.63, 3.8) is 0 Å². The Labute approximate surface area is 125 Å². The Kier molecular flexibility index (Phi) is 4.89. The van der Waals surface area contributed by atoms with Crippen LogP contribution < -0.4 is 5.32 Å². The summed E-state index contributed by atoms with van der Waals surface area (Å²) in [6.45, 7) is 3.19. The van der Waals surface area contributed by atoms with Crippen LogP contribution in [0.15, 0.2) is 33.5 Å². The third-order valence-corrected chi connectivity index (χ3v) is 3.20.